The zero-order valence-electron chi connectivity index (χ0n) is 13.0. The van der Waals surface area contributed by atoms with Crippen molar-refractivity contribution < 1.29 is 13.9 Å². The van der Waals surface area contributed by atoms with Crippen molar-refractivity contribution in [1.82, 2.24) is 0 Å². The summed E-state index contributed by atoms with van der Waals surface area (Å²) in [5.41, 5.74) is 6.84. The van der Waals surface area contributed by atoms with Crippen LogP contribution in [0.25, 0.3) is 10.1 Å². The quantitative estimate of drug-likeness (QED) is 0.583. The van der Waals surface area contributed by atoms with Gasteiger partial charge in [0.25, 0.3) is 5.91 Å². The van der Waals surface area contributed by atoms with Gasteiger partial charge in [0.05, 0.1) is 27.2 Å². The number of thiophene rings is 1. The molecule has 0 bridgehead atoms. The molecular weight excluding hydrogens is 386 g/mol. The van der Waals surface area contributed by atoms with E-state index in [2.05, 4.69) is 5.32 Å². The fraction of sp³-hybridized carbons (Fsp3) is 0.118. The summed E-state index contributed by atoms with van der Waals surface area (Å²) in [7, 11) is 1.49. The van der Waals surface area contributed by atoms with Crippen LogP contribution in [0.15, 0.2) is 30.3 Å². The van der Waals surface area contributed by atoms with Crippen LogP contribution < -0.4 is 11.1 Å². The fourth-order valence-electron chi connectivity index (χ4n) is 2.48. The van der Waals surface area contributed by atoms with Gasteiger partial charge in [0, 0.05) is 28.4 Å². The Morgan fingerprint density at radius 1 is 1.32 bits per heavy atom. The smallest absolute Gasteiger partial charge is 0.266 e. The van der Waals surface area contributed by atoms with Crippen LogP contribution in [0.1, 0.15) is 15.2 Å². The molecular formula is C17H13Cl2FN2O2S. The highest BCUT2D eigenvalue weighted by molar-refractivity contribution is 7.21. The van der Waals surface area contributed by atoms with E-state index in [1.807, 2.05) is 0 Å². The molecule has 0 aliphatic carbocycles. The number of nitrogens with one attached hydrogen (secondary N) is 1. The minimum Gasteiger partial charge on any atom is -0.396 e. The number of hydrogen-bond acceptors (Lipinski definition) is 4. The van der Waals surface area contributed by atoms with E-state index >= 15 is 0 Å². The Bertz CT molecular complexity index is 952. The molecule has 3 N–H and O–H groups in total. The molecule has 4 nitrogen and oxygen atoms in total. The van der Waals surface area contributed by atoms with Crippen LogP contribution in [0.2, 0.25) is 10.0 Å². The summed E-state index contributed by atoms with van der Waals surface area (Å²) in [6, 6.07) is 7.73. The first kappa shape index (κ1) is 17.9. The lowest BCUT2D eigenvalue weighted by atomic mass is 10.1. The number of ether oxygens (including phenoxy) is 1. The molecule has 1 amide bonds. The molecule has 1 aromatic heterocycles. The second kappa shape index (κ2) is 7.17. The molecule has 0 radical (unpaired) electrons. The van der Waals surface area contributed by atoms with Gasteiger partial charge >= 0.3 is 0 Å². The Morgan fingerprint density at radius 2 is 2.00 bits per heavy atom. The first-order valence-electron chi connectivity index (χ1n) is 7.17. The van der Waals surface area contributed by atoms with Crippen LogP contribution in [0, 0.1) is 5.82 Å². The lowest BCUT2D eigenvalue weighted by Gasteiger charge is -2.09. The van der Waals surface area contributed by atoms with E-state index in [9.17, 15) is 9.18 Å². The summed E-state index contributed by atoms with van der Waals surface area (Å²) in [5.74, 6) is -0.789. The third-order valence-electron chi connectivity index (χ3n) is 3.60. The summed E-state index contributed by atoms with van der Waals surface area (Å²) in [6.07, 6.45) is 0. The molecule has 130 valence electrons. The van der Waals surface area contributed by atoms with Crippen molar-refractivity contribution in [2.75, 3.05) is 18.2 Å². The van der Waals surface area contributed by atoms with E-state index in [1.54, 1.807) is 12.1 Å². The molecule has 0 saturated carbocycles. The molecule has 1 heterocycles. The number of carbonyl (C=O) groups excluding carboxylic acids is 1. The number of benzene rings is 2. The summed E-state index contributed by atoms with van der Waals surface area (Å²) in [4.78, 5) is 13.1. The molecule has 0 aliphatic heterocycles. The van der Waals surface area contributed by atoms with Crippen molar-refractivity contribution in [3.8, 4) is 0 Å². The van der Waals surface area contributed by atoms with Crippen molar-refractivity contribution in [2.24, 2.45) is 0 Å². The van der Waals surface area contributed by atoms with E-state index < -0.39 is 11.7 Å². The number of carbonyl (C=O) groups is 1. The van der Waals surface area contributed by atoms with Gasteiger partial charge in [-0.15, -0.1) is 11.3 Å². The van der Waals surface area contributed by atoms with Crippen LogP contribution in [0.5, 0.6) is 0 Å². The predicted octanol–water partition coefficient (Wildman–Crippen LogP) is 5.33. The van der Waals surface area contributed by atoms with E-state index in [0.717, 1.165) is 0 Å². The third kappa shape index (κ3) is 3.43. The molecule has 0 fully saturated rings. The lowest BCUT2D eigenvalue weighted by molar-refractivity contribution is 0.102. The van der Waals surface area contributed by atoms with E-state index in [4.69, 9.17) is 33.7 Å². The van der Waals surface area contributed by atoms with Crippen LogP contribution >= 0.6 is 34.5 Å². The van der Waals surface area contributed by atoms with Crippen molar-refractivity contribution >= 4 is 61.9 Å². The maximum atomic E-state index is 14.2. The van der Waals surface area contributed by atoms with E-state index in [-0.39, 0.29) is 22.3 Å². The number of nitrogen functional groups attached to an aromatic ring is 1. The van der Waals surface area contributed by atoms with Gasteiger partial charge in [-0.05, 0) is 24.3 Å². The molecule has 0 saturated heterocycles. The first-order valence-corrected chi connectivity index (χ1v) is 8.74. The SMILES string of the molecule is COCc1c(C(=O)Nc2cc(Cl)c(N)c(Cl)c2)sc2cccc(F)c12. The van der Waals surface area contributed by atoms with Gasteiger partial charge in [-0.2, -0.15) is 0 Å². The highest BCUT2D eigenvalue weighted by atomic mass is 35.5. The lowest BCUT2D eigenvalue weighted by Crippen LogP contribution is -2.12. The van der Waals surface area contributed by atoms with Gasteiger partial charge in [0.2, 0.25) is 0 Å². The third-order valence-corrected chi connectivity index (χ3v) is 5.42. The van der Waals surface area contributed by atoms with E-state index in [1.165, 1.54) is 36.6 Å². The first-order chi connectivity index (χ1) is 11.9. The Balaban J connectivity index is 2.02. The zero-order valence-corrected chi connectivity index (χ0v) is 15.4. The second-order valence-electron chi connectivity index (χ2n) is 5.26. The van der Waals surface area contributed by atoms with Crippen molar-refractivity contribution in [2.45, 2.75) is 6.61 Å². The Kier molecular flexibility index (Phi) is 5.15. The van der Waals surface area contributed by atoms with Crippen LogP contribution in [0.3, 0.4) is 0 Å². The number of hydrogen-bond donors (Lipinski definition) is 2. The van der Waals surface area contributed by atoms with Gasteiger partial charge in [-0.3, -0.25) is 4.79 Å². The molecule has 0 aliphatic rings. The van der Waals surface area contributed by atoms with Crippen molar-refractivity contribution in [3.63, 3.8) is 0 Å². The number of rotatable bonds is 4. The highest BCUT2D eigenvalue weighted by Gasteiger charge is 2.21. The number of anilines is 2. The van der Waals surface area contributed by atoms with Gasteiger partial charge in [-0.1, -0.05) is 29.3 Å². The minimum atomic E-state index is -0.399. The molecule has 25 heavy (non-hydrogen) atoms. The number of amides is 1. The maximum Gasteiger partial charge on any atom is 0.266 e. The molecule has 8 heteroatoms. The van der Waals surface area contributed by atoms with Crippen LogP contribution in [0.4, 0.5) is 15.8 Å². The monoisotopic (exact) mass is 398 g/mol. The fourth-order valence-corrected chi connectivity index (χ4v) is 4.08. The van der Waals surface area contributed by atoms with Crippen molar-refractivity contribution in [3.05, 3.63) is 56.6 Å². The summed E-state index contributed by atoms with van der Waals surface area (Å²) < 4.78 is 20.0. The predicted molar refractivity (Wildman–Crippen MR) is 101 cm³/mol. The van der Waals surface area contributed by atoms with Crippen LogP contribution in [-0.4, -0.2) is 13.0 Å². The molecule has 2 aromatic carbocycles. The largest absolute Gasteiger partial charge is 0.396 e. The Hall–Kier alpha value is -1.86. The topological polar surface area (TPSA) is 64.3 Å². The number of methoxy groups -OCH3 is 1. The zero-order chi connectivity index (χ0) is 18.1. The number of fused-ring (bicyclic) bond motifs is 1. The van der Waals surface area contributed by atoms with Gasteiger partial charge in [0.15, 0.2) is 0 Å². The summed E-state index contributed by atoms with van der Waals surface area (Å²) in [6.45, 7) is 0.118. The molecule has 0 atom stereocenters. The van der Waals surface area contributed by atoms with Gasteiger partial charge in [0.1, 0.15) is 5.82 Å². The normalized spacial score (nSPS) is 11.0. The van der Waals surface area contributed by atoms with E-state index in [0.29, 0.717) is 26.2 Å². The van der Waals surface area contributed by atoms with Gasteiger partial charge < -0.3 is 15.8 Å². The maximum absolute atomic E-state index is 14.2. The molecule has 0 spiro atoms. The van der Waals surface area contributed by atoms with Crippen LogP contribution in [-0.2, 0) is 11.3 Å². The highest BCUT2D eigenvalue weighted by Crippen LogP contribution is 2.35. The molecule has 3 rings (SSSR count). The molecule has 3 aromatic rings. The molecule has 0 unspecified atom stereocenters. The van der Waals surface area contributed by atoms with Crippen molar-refractivity contribution in [1.29, 1.82) is 0 Å². The number of halogens is 3. The summed E-state index contributed by atoms with van der Waals surface area (Å²) >= 11 is 13.2. The Labute approximate surface area is 157 Å². The summed E-state index contributed by atoms with van der Waals surface area (Å²) in [5, 5.41) is 3.59. The second-order valence-corrected chi connectivity index (χ2v) is 7.13. The minimum absolute atomic E-state index is 0.118. The number of nitrogens with two attached hydrogens (primary N) is 1. The average Bonchev–Trinajstić information content (AvgIpc) is 2.93. The van der Waals surface area contributed by atoms with Gasteiger partial charge in [-0.25, -0.2) is 4.39 Å². The Morgan fingerprint density at radius 3 is 2.64 bits per heavy atom. The standard InChI is InChI=1S/C17H13Cl2FN2O2S/c1-24-7-9-14-12(20)3-2-4-13(14)25-16(9)17(23)22-8-5-10(18)15(21)11(19)6-8/h2-6H,7,21H2,1H3,(H,22,23). The average molecular weight is 399 g/mol.